The normalized spacial score (nSPS) is 12.0. The van der Waals surface area contributed by atoms with Gasteiger partial charge < -0.3 is 10.4 Å². The van der Waals surface area contributed by atoms with Gasteiger partial charge in [-0.3, -0.25) is 9.97 Å². The Morgan fingerprint density at radius 2 is 1.64 bits per heavy atom. The van der Waals surface area contributed by atoms with E-state index in [1.165, 1.54) is 0 Å². The highest BCUT2D eigenvalue weighted by Gasteiger charge is 2.19. The fourth-order valence-corrected chi connectivity index (χ4v) is 2.88. The van der Waals surface area contributed by atoms with Gasteiger partial charge in [0.2, 0.25) is 0 Å². The number of nitrogens with zero attached hydrogens (tertiary/aromatic N) is 3. The van der Waals surface area contributed by atoms with Gasteiger partial charge >= 0.3 is 0 Å². The van der Waals surface area contributed by atoms with Crippen molar-refractivity contribution in [3.8, 4) is 5.75 Å². The lowest BCUT2D eigenvalue weighted by Crippen LogP contribution is -2.13. The van der Waals surface area contributed by atoms with E-state index < -0.39 is 0 Å². The number of hydrogen-bond donors (Lipinski definition) is 2. The Hall–Kier alpha value is -3.47. The average Bonchev–Trinajstić information content (AvgIpc) is 2.69. The first-order valence-electron chi connectivity index (χ1n) is 7.97. The van der Waals surface area contributed by atoms with Crippen LogP contribution >= 0.6 is 0 Å². The van der Waals surface area contributed by atoms with Gasteiger partial charge in [-0.05, 0) is 48.0 Å². The molecule has 0 aliphatic rings. The second-order valence-electron chi connectivity index (χ2n) is 5.65. The number of benzene rings is 1. The number of fused-ring (bicyclic) bond motifs is 1. The molecule has 4 aromatic rings. The van der Waals surface area contributed by atoms with E-state index in [1.807, 2.05) is 54.6 Å². The summed E-state index contributed by atoms with van der Waals surface area (Å²) in [5, 5.41) is 15.0. The minimum Gasteiger partial charge on any atom is -0.507 e. The van der Waals surface area contributed by atoms with Crippen molar-refractivity contribution in [3.63, 3.8) is 0 Å². The molecule has 25 heavy (non-hydrogen) atoms. The minimum absolute atomic E-state index is 0.218. The smallest absolute Gasteiger partial charge is 0.130 e. The number of rotatable bonds is 4. The Balaban J connectivity index is 1.85. The van der Waals surface area contributed by atoms with Crippen LogP contribution in [-0.2, 0) is 0 Å². The standard InChI is InChI=1S/C20H16N4O/c25-20-15-4-3-11-22-17(15)7-6-16(20)19(14-8-12-21-13-9-14)24-18-5-1-2-10-23-18/h1-13,19,25H,(H,23,24). The van der Waals surface area contributed by atoms with Crippen molar-refractivity contribution in [3.05, 3.63) is 90.5 Å². The van der Waals surface area contributed by atoms with Gasteiger partial charge in [0.1, 0.15) is 11.6 Å². The van der Waals surface area contributed by atoms with Crippen LogP contribution in [0.4, 0.5) is 5.82 Å². The van der Waals surface area contributed by atoms with Crippen LogP contribution in [0.25, 0.3) is 10.9 Å². The van der Waals surface area contributed by atoms with E-state index in [2.05, 4.69) is 20.3 Å². The molecule has 0 fully saturated rings. The van der Waals surface area contributed by atoms with Gasteiger partial charge in [-0.2, -0.15) is 0 Å². The van der Waals surface area contributed by atoms with Crippen molar-refractivity contribution in [1.29, 1.82) is 0 Å². The molecular formula is C20H16N4O. The predicted octanol–water partition coefficient (Wildman–Crippen LogP) is 3.93. The molecule has 2 N–H and O–H groups in total. The summed E-state index contributed by atoms with van der Waals surface area (Å²) in [7, 11) is 0. The largest absolute Gasteiger partial charge is 0.507 e. The van der Waals surface area contributed by atoms with Crippen molar-refractivity contribution < 1.29 is 5.11 Å². The summed E-state index contributed by atoms with van der Waals surface area (Å²) in [4.78, 5) is 12.7. The van der Waals surface area contributed by atoms with Gasteiger partial charge in [-0.15, -0.1) is 0 Å². The summed E-state index contributed by atoms with van der Waals surface area (Å²) < 4.78 is 0. The van der Waals surface area contributed by atoms with Gasteiger partial charge in [-0.1, -0.05) is 12.1 Å². The van der Waals surface area contributed by atoms with Crippen molar-refractivity contribution in [1.82, 2.24) is 15.0 Å². The second-order valence-corrected chi connectivity index (χ2v) is 5.65. The third-order valence-electron chi connectivity index (χ3n) is 4.10. The topological polar surface area (TPSA) is 70.9 Å². The first-order chi connectivity index (χ1) is 12.3. The molecule has 0 bridgehead atoms. The van der Waals surface area contributed by atoms with E-state index in [4.69, 9.17) is 0 Å². The second kappa shape index (κ2) is 6.57. The van der Waals surface area contributed by atoms with E-state index in [-0.39, 0.29) is 11.8 Å². The molecule has 3 aromatic heterocycles. The Kier molecular flexibility index (Phi) is 3.96. The molecule has 0 saturated carbocycles. The fraction of sp³-hybridized carbons (Fsp3) is 0.0500. The average molecular weight is 328 g/mol. The van der Waals surface area contributed by atoms with E-state index in [0.29, 0.717) is 0 Å². The monoisotopic (exact) mass is 328 g/mol. The highest BCUT2D eigenvalue weighted by molar-refractivity contribution is 5.86. The summed E-state index contributed by atoms with van der Waals surface area (Å²) in [5.74, 6) is 0.950. The van der Waals surface area contributed by atoms with Crippen LogP contribution in [0.3, 0.4) is 0 Å². The molecule has 1 atom stereocenters. The fourth-order valence-electron chi connectivity index (χ4n) is 2.88. The third kappa shape index (κ3) is 2.99. The number of aromatic nitrogens is 3. The molecule has 1 aromatic carbocycles. The van der Waals surface area contributed by atoms with E-state index in [9.17, 15) is 5.11 Å². The molecule has 122 valence electrons. The quantitative estimate of drug-likeness (QED) is 0.594. The first kappa shape index (κ1) is 15.1. The molecule has 0 spiro atoms. The lowest BCUT2D eigenvalue weighted by atomic mass is 9.96. The Labute approximate surface area is 145 Å². The van der Waals surface area contributed by atoms with E-state index in [1.54, 1.807) is 24.8 Å². The van der Waals surface area contributed by atoms with Gasteiger partial charge in [0.15, 0.2) is 0 Å². The van der Waals surface area contributed by atoms with Crippen LogP contribution in [0.1, 0.15) is 17.2 Å². The van der Waals surface area contributed by atoms with Gasteiger partial charge in [0.25, 0.3) is 0 Å². The van der Waals surface area contributed by atoms with E-state index >= 15 is 0 Å². The van der Waals surface area contributed by atoms with E-state index in [0.717, 1.165) is 27.8 Å². The number of nitrogens with one attached hydrogen (secondary N) is 1. The van der Waals surface area contributed by atoms with Gasteiger partial charge in [-0.25, -0.2) is 4.98 Å². The van der Waals surface area contributed by atoms with Crippen LogP contribution in [-0.4, -0.2) is 20.1 Å². The highest BCUT2D eigenvalue weighted by atomic mass is 16.3. The van der Waals surface area contributed by atoms with Crippen molar-refractivity contribution >= 4 is 16.7 Å². The molecule has 4 rings (SSSR count). The maximum Gasteiger partial charge on any atom is 0.130 e. The number of phenolic OH excluding ortho intramolecular Hbond substituents is 1. The van der Waals surface area contributed by atoms with Crippen LogP contribution in [0.5, 0.6) is 5.75 Å². The number of pyridine rings is 3. The number of phenols is 1. The van der Waals surface area contributed by atoms with Gasteiger partial charge in [0, 0.05) is 35.7 Å². The highest BCUT2D eigenvalue weighted by Crippen LogP contribution is 2.36. The van der Waals surface area contributed by atoms with Gasteiger partial charge in [0.05, 0.1) is 11.6 Å². The molecule has 0 radical (unpaired) electrons. The number of anilines is 1. The first-order valence-corrected chi connectivity index (χ1v) is 7.97. The zero-order valence-electron chi connectivity index (χ0n) is 13.4. The van der Waals surface area contributed by atoms with Crippen molar-refractivity contribution in [2.75, 3.05) is 5.32 Å². The molecule has 1 unspecified atom stereocenters. The SMILES string of the molecule is Oc1c(C(Nc2ccccn2)c2ccncc2)ccc2ncccc12. The summed E-state index contributed by atoms with van der Waals surface area (Å²) in [6, 6.07) is 16.8. The van der Waals surface area contributed by atoms with Crippen LogP contribution in [0.2, 0.25) is 0 Å². The lowest BCUT2D eigenvalue weighted by Gasteiger charge is -2.21. The molecule has 3 heterocycles. The maximum atomic E-state index is 10.8. The van der Waals surface area contributed by atoms with Crippen LogP contribution in [0, 0.1) is 0 Å². The summed E-state index contributed by atoms with van der Waals surface area (Å²) in [6.07, 6.45) is 6.92. The Morgan fingerprint density at radius 3 is 2.44 bits per heavy atom. The maximum absolute atomic E-state index is 10.8. The summed E-state index contributed by atoms with van der Waals surface area (Å²) >= 11 is 0. The predicted molar refractivity (Wildman–Crippen MR) is 97.3 cm³/mol. The zero-order valence-corrected chi connectivity index (χ0v) is 13.4. The minimum atomic E-state index is -0.262. The number of hydrogen-bond acceptors (Lipinski definition) is 5. The Bertz CT molecular complexity index is 990. The molecule has 0 aliphatic heterocycles. The molecule has 0 saturated heterocycles. The summed E-state index contributed by atoms with van der Waals surface area (Å²) in [5.41, 5.74) is 2.51. The molecule has 0 aliphatic carbocycles. The molecule has 5 nitrogen and oxygen atoms in total. The molecule has 5 heteroatoms. The molecule has 0 amide bonds. The van der Waals surface area contributed by atoms with Crippen LogP contribution in [0.15, 0.2) is 79.4 Å². The molecular weight excluding hydrogens is 312 g/mol. The third-order valence-corrected chi connectivity index (χ3v) is 4.10. The zero-order chi connectivity index (χ0) is 17.1. The number of aromatic hydroxyl groups is 1. The van der Waals surface area contributed by atoms with Crippen molar-refractivity contribution in [2.24, 2.45) is 0 Å². The van der Waals surface area contributed by atoms with Crippen molar-refractivity contribution in [2.45, 2.75) is 6.04 Å². The lowest BCUT2D eigenvalue weighted by molar-refractivity contribution is 0.473. The van der Waals surface area contributed by atoms with Crippen LogP contribution < -0.4 is 5.32 Å². The Morgan fingerprint density at radius 1 is 0.800 bits per heavy atom. The summed E-state index contributed by atoms with van der Waals surface area (Å²) in [6.45, 7) is 0.